The van der Waals surface area contributed by atoms with Gasteiger partial charge in [0.15, 0.2) is 0 Å². The number of ether oxygens (including phenoxy) is 1. The molecule has 43 heavy (non-hydrogen) atoms. The van der Waals surface area contributed by atoms with E-state index in [0.29, 0.717) is 19.4 Å². The van der Waals surface area contributed by atoms with Crippen LogP contribution in [0.1, 0.15) is 60.7 Å². The number of benzene rings is 3. The van der Waals surface area contributed by atoms with E-state index in [1.165, 1.54) is 23.8 Å². The van der Waals surface area contributed by atoms with Gasteiger partial charge in [-0.2, -0.15) is 0 Å². The molecule has 0 spiro atoms. The topological polar surface area (TPSA) is 116 Å². The molecule has 1 aromatic heterocycles. The summed E-state index contributed by atoms with van der Waals surface area (Å²) in [6.45, 7) is 2.48. The zero-order valence-electron chi connectivity index (χ0n) is 24.5. The first-order chi connectivity index (χ1) is 21.0. The van der Waals surface area contributed by atoms with Gasteiger partial charge in [-0.1, -0.05) is 73.7 Å². The van der Waals surface area contributed by atoms with Gasteiger partial charge < -0.3 is 25.3 Å². The van der Waals surface area contributed by atoms with Crippen LogP contribution in [0.3, 0.4) is 0 Å². The maximum Gasteiger partial charge on any atom is 0.407 e. The van der Waals surface area contributed by atoms with Gasteiger partial charge in [0.25, 0.3) is 0 Å². The van der Waals surface area contributed by atoms with E-state index in [-0.39, 0.29) is 17.9 Å². The lowest BCUT2D eigenvalue weighted by Crippen LogP contribution is -2.48. The van der Waals surface area contributed by atoms with E-state index in [0.717, 1.165) is 42.0 Å². The van der Waals surface area contributed by atoms with Crippen LogP contribution < -0.4 is 10.6 Å². The van der Waals surface area contributed by atoms with Gasteiger partial charge in [-0.05, 0) is 60.1 Å². The number of imidazole rings is 1. The SMILES string of the molecule is CC[C@H](NC(=O)OC)C(=O)N1CCC[C@H]1c1ncc(-c2ccc(C(Cc3ccc(NC=O)cc3)c3ccccc3)cc2)[nH]1. The number of carbonyl (C=O) groups is 3. The molecule has 5 rings (SSSR count). The Morgan fingerprint density at radius 3 is 2.44 bits per heavy atom. The molecule has 3 atom stereocenters. The van der Waals surface area contributed by atoms with Crippen molar-refractivity contribution in [3.8, 4) is 11.3 Å². The molecule has 1 fully saturated rings. The number of hydrogen-bond donors (Lipinski definition) is 3. The van der Waals surface area contributed by atoms with E-state index in [9.17, 15) is 14.4 Å². The Hall–Kier alpha value is -4.92. The van der Waals surface area contributed by atoms with Crippen LogP contribution in [0.5, 0.6) is 0 Å². The van der Waals surface area contributed by atoms with Crippen LogP contribution in [0.4, 0.5) is 10.5 Å². The number of likely N-dealkylation sites (tertiary alicyclic amines) is 1. The van der Waals surface area contributed by atoms with E-state index >= 15 is 0 Å². The molecule has 0 aliphatic carbocycles. The molecule has 3 N–H and O–H groups in total. The maximum atomic E-state index is 13.3. The number of rotatable bonds is 11. The van der Waals surface area contributed by atoms with Crippen LogP contribution in [0.15, 0.2) is 85.1 Å². The summed E-state index contributed by atoms with van der Waals surface area (Å²) in [6, 6.07) is 26.1. The summed E-state index contributed by atoms with van der Waals surface area (Å²) in [5, 5.41) is 5.34. The molecule has 1 saturated heterocycles. The summed E-state index contributed by atoms with van der Waals surface area (Å²) in [6.07, 6.45) is 4.85. The molecule has 1 aliphatic heterocycles. The third-order valence-electron chi connectivity index (χ3n) is 8.08. The van der Waals surface area contributed by atoms with Crippen LogP contribution in [0, 0.1) is 0 Å². The molecule has 1 unspecified atom stereocenters. The quantitative estimate of drug-likeness (QED) is 0.194. The summed E-state index contributed by atoms with van der Waals surface area (Å²) in [7, 11) is 1.29. The van der Waals surface area contributed by atoms with Gasteiger partial charge in [-0.15, -0.1) is 0 Å². The molecule has 2 heterocycles. The van der Waals surface area contributed by atoms with Gasteiger partial charge in [0.05, 0.1) is 25.0 Å². The van der Waals surface area contributed by atoms with Crippen LogP contribution in [0.25, 0.3) is 11.3 Å². The molecule has 0 radical (unpaired) electrons. The Morgan fingerprint density at radius 2 is 1.77 bits per heavy atom. The lowest BCUT2D eigenvalue weighted by atomic mass is 9.85. The summed E-state index contributed by atoms with van der Waals surface area (Å²) in [5.74, 6) is 0.771. The molecule has 3 aromatic carbocycles. The summed E-state index contributed by atoms with van der Waals surface area (Å²) < 4.78 is 4.70. The second-order valence-corrected chi connectivity index (χ2v) is 10.7. The van der Waals surface area contributed by atoms with E-state index in [4.69, 9.17) is 4.74 Å². The highest BCUT2D eigenvalue weighted by atomic mass is 16.5. The fourth-order valence-electron chi connectivity index (χ4n) is 5.76. The van der Waals surface area contributed by atoms with Crippen molar-refractivity contribution < 1.29 is 19.1 Å². The third-order valence-corrected chi connectivity index (χ3v) is 8.08. The van der Waals surface area contributed by atoms with E-state index in [2.05, 4.69) is 69.1 Å². The number of hydrogen-bond acceptors (Lipinski definition) is 5. The Balaban J connectivity index is 1.33. The maximum absolute atomic E-state index is 13.3. The smallest absolute Gasteiger partial charge is 0.407 e. The molecular weight excluding hydrogens is 542 g/mol. The average Bonchev–Trinajstić information content (AvgIpc) is 3.74. The second-order valence-electron chi connectivity index (χ2n) is 10.7. The van der Waals surface area contributed by atoms with Gasteiger partial charge in [0.1, 0.15) is 11.9 Å². The van der Waals surface area contributed by atoms with Gasteiger partial charge in [0, 0.05) is 18.2 Å². The fraction of sp³-hybridized carbons (Fsp3) is 0.294. The molecule has 9 heteroatoms. The highest BCUT2D eigenvalue weighted by Crippen LogP contribution is 2.34. The van der Waals surface area contributed by atoms with Gasteiger partial charge in [-0.25, -0.2) is 9.78 Å². The lowest BCUT2D eigenvalue weighted by molar-refractivity contribution is -0.134. The van der Waals surface area contributed by atoms with Crippen LogP contribution in [-0.2, 0) is 20.7 Å². The van der Waals surface area contributed by atoms with Crippen molar-refractivity contribution in [3.05, 3.63) is 108 Å². The number of amides is 3. The van der Waals surface area contributed by atoms with Crippen LogP contribution >= 0.6 is 0 Å². The number of nitrogens with one attached hydrogen (secondary N) is 3. The van der Waals surface area contributed by atoms with Crippen molar-refractivity contribution in [2.75, 3.05) is 19.0 Å². The number of nitrogens with zero attached hydrogens (tertiary/aromatic N) is 2. The monoisotopic (exact) mass is 579 g/mol. The van der Waals surface area contributed by atoms with Crippen LogP contribution in [0.2, 0.25) is 0 Å². The first-order valence-electron chi connectivity index (χ1n) is 14.6. The first kappa shape index (κ1) is 29.6. The summed E-state index contributed by atoms with van der Waals surface area (Å²) >= 11 is 0. The predicted octanol–water partition coefficient (Wildman–Crippen LogP) is 5.82. The number of H-pyrrole nitrogens is 1. The minimum absolute atomic E-state index is 0.126. The summed E-state index contributed by atoms with van der Waals surface area (Å²) in [5.41, 5.74) is 6.26. The Labute approximate surface area is 251 Å². The van der Waals surface area contributed by atoms with E-state index < -0.39 is 12.1 Å². The molecule has 222 valence electrons. The molecule has 0 bridgehead atoms. The van der Waals surface area contributed by atoms with Gasteiger partial charge >= 0.3 is 6.09 Å². The standard InChI is InChI=1S/C34H37N5O4/c1-3-29(38-34(42)43-2)33(41)39-19-7-10-31(39)32-35-21-30(37-32)26-15-13-25(14-16-26)28(24-8-5-4-6-9-24)20-23-11-17-27(18-12-23)36-22-40/h4-6,8-9,11-18,21-22,28-29,31H,3,7,10,19-20H2,1-2H3,(H,35,37)(H,36,40)(H,38,42)/t28?,29-,31-/m0/s1. The zero-order chi connectivity index (χ0) is 30.2. The van der Waals surface area contributed by atoms with Crippen molar-refractivity contribution in [2.24, 2.45) is 0 Å². The number of methoxy groups -OCH3 is 1. The minimum Gasteiger partial charge on any atom is -0.453 e. The number of alkyl carbamates (subject to hydrolysis) is 1. The normalized spacial score (nSPS) is 15.9. The molecule has 9 nitrogen and oxygen atoms in total. The first-order valence-corrected chi connectivity index (χ1v) is 14.6. The second kappa shape index (κ2) is 13.8. The van der Waals surface area contributed by atoms with Crippen LogP contribution in [-0.4, -0.2) is 53.0 Å². The van der Waals surface area contributed by atoms with Crippen molar-refractivity contribution in [2.45, 2.75) is 50.6 Å². The molecule has 1 aliphatic rings. The van der Waals surface area contributed by atoms with Gasteiger partial charge in [0.2, 0.25) is 12.3 Å². The Morgan fingerprint density at radius 1 is 1.05 bits per heavy atom. The van der Waals surface area contributed by atoms with Gasteiger partial charge in [-0.3, -0.25) is 9.59 Å². The highest BCUT2D eigenvalue weighted by Gasteiger charge is 2.35. The predicted molar refractivity (Wildman–Crippen MR) is 165 cm³/mol. The zero-order valence-corrected chi connectivity index (χ0v) is 24.5. The van der Waals surface area contributed by atoms with Crippen molar-refractivity contribution in [3.63, 3.8) is 0 Å². The Bertz CT molecular complexity index is 1520. The molecule has 4 aromatic rings. The van der Waals surface area contributed by atoms with Crippen molar-refractivity contribution in [1.29, 1.82) is 0 Å². The van der Waals surface area contributed by atoms with Crippen molar-refractivity contribution >= 4 is 24.1 Å². The third kappa shape index (κ3) is 6.94. The fourth-order valence-corrected chi connectivity index (χ4v) is 5.76. The summed E-state index contributed by atoms with van der Waals surface area (Å²) in [4.78, 5) is 45.7. The molecule has 3 amide bonds. The average molecular weight is 580 g/mol. The molecular formula is C34H37N5O4. The lowest BCUT2D eigenvalue weighted by Gasteiger charge is -2.27. The van der Waals surface area contributed by atoms with Crippen molar-refractivity contribution in [1.82, 2.24) is 20.2 Å². The van der Waals surface area contributed by atoms with E-state index in [1.54, 1.807) is 0 Å². The highest BCUT2D eigenvalue weighted by molar-refractivity contribution is 5.86. The number of anilines is 1. The number of aromatic nitrogens is 2. The number of carbonyl (C=O) groups excluding carboxylic acids is 3. The largest absolute Gasteiger partial charge is 0.453 e. The minimum atomic E-state index is -0.640. The Kier molecular flexibility index (Phi) is 9.51. The molecule has 0 saturated carbocycles. The number of aromatic amines is 1. The van der Waals surface area contributed by atoms with E-state index in [1.807, 2.05) is 48.4 Å².